The highest BCUT2D eigenvalue weighted by atomic mass is 16.5. The van der Waals surface area contributed by atoms with Gasteiger partial charge in [-0.1, -0.05) is 11.2 Å². The van der Waals surface area contributed by atoms with E-state index < -0.39 is 0 Å². The van der Waals surface area contributed by atoms with Crippen molar-refractivity contribution in [1.82, 2.24) is 20.0 Å². The highest BCUT2D eigenvalue weighted by Crippen LogP contribution is 2.22. The molecule has 1 amide bonds. The van der Waals surface area contributed by atoms with Crippen molar-refractivity contribution in [2.24, 2.45) is 0 Å². The van der Waals surface area contributed by atoms with E-state index in [1.165, 1.54) is 0 Å². The lowest BCUT2D eigenvalue weighted by Gasteiger charge is -2.36. The van der Waals surface area contributed by atoms with Crippen LogP contribution in [0.15, 0.2) is 53.3 Å². The Morgan fingerprint density at radius 1 is 1.14 bits per heavy atom. The third-order valence-electron chi connectivity index (χ3n) is 5.01. The summed E-state index contributed by atoms with van der Waals surface area (Å²) in [5.41, 5.74) is 1.96. The number of nitrogens with zero attached hydrogens (tertiary/aromatic N) is 5. The Morgan fingerprint density at radius 2 is 1.93 bits per heavy atom. The molecule has 0 unspecified atom stereocenters. The number of carbonyl (C=O) groups excluding carboxylic acids is 1. The molecule has 3 heterocycles. The Kier molecular flexibility index (Phi) is 5.69. The first kappa shape index (κ1) is 18.9. The lowest BCUT2D eigenvalue weighted by atomic mass is 10.2. The lowest BCUT2D eigenvalue weighted by Crippen LogP contribution is -2.48. The van der Waals surface area contributed by atoms with Crippen molar-refractivity contribution in [1.29, 1.82) is 0 Å². The number of hydrogen-bond acceptors (Lipinski definition) is 7. The zero-order chi connectivity index (χ0) is 20.1. The molecule has 1 aliphatic heterocycles. The molecule has 3 aromatic rings. The Bertz CT molecular complexity index is 952. The van der Waals surface area contributed by atoms with E-state index in [0.717, 1.165) is 30.1 Å². The topological polar surface area (TPSA) is 84.6 Å². The Balaban J connectivity index is 1.27. The monoisotopic (exact) mass is 393 g/mol. The van der Waals surface area contributed by atoms with Gasteiger partial charge in [0.15, 0.2) is 0 Å². The zero-order valence-electron chi connectivity index (χ0n) is 16.3. The number of rotatable bonds is 6. The summed E-state index contributed by atoms with van der Waals surface area (Å²) >= 11 is 0. The van der Waals surface area contributed by atoms with Gasteiger partial charge in [-0.3, -0.25) is 9.78 Å². The van der Waals surface area contributed by atoms with Crippen LogP contribution in [0, 0.1) is 0 Å². The fraction of sp³-hybridized carbons (Fsp3) is 0.333. The molecule has 0 bridgehead atoms. The number of hydrogen-bond donors (Lipinski definition) is 0. The van der Waals surface area contributed by atoms with Gasteiger partial charge in [0.05, 0.1) is 7.11 Å². The van der Waals surface area contributed by atoms with Crippen LogP contribution in [0.1, 0.15) is 12.3 Å². The average Bonchev–Trinajstić information content (AvgIpc) is 3.27. The van der Waals surface area contributed by atoms with Gasteiger partial charge in [0.1, 0.15) is 5.75 Å². The lowest BCUT2D eigenvalue weighted by molar-refractivity contribution is -0.131. The molecule has 1 fully saturated rings. The summed E-state index contributed by atoms with van der Waals surface area (Å²) in [6.45, 7) is 2.99. The molecule has 29 heavy (non-hydrogen) atoms. The van der Waals surface area contributed by atoms with Crippen LogP contribution in [-0.4, -0.2) is 59.2 Å². The minimum atomic E-state index is 0.110. The highest BCUT2D eigenvalue weighted by molar-refractivity contribution is 5.76. The second-order valence-electron chi connectivity index (χ2n) is 6.82. The zero-order valence-corrected chi connectivity index (χ0v) is 16.3. The Labute approximate surface area is 169 Å². The van der Waals surface area contributed by atoms with Crippen molar-refractivity contribution in [3.8, 4) is 17.1 Å². The standard InChI is InChI=1S/C21H23N5O3/c1-28-18-4-2-3-17(15-18)25-11-13-26(14-12-25)20(27)6-5-19-23-21(24-29-19)16-7-9-22-10-8-16/h2-4,7-10,15H,5-6,11-14H2,1H3. The fourth-order valence-electron chi connectivity index (χ4n) is 3.37. The molecule has 4 rings (SSSR count). The van der Waals surface area contributed by atoms with Crippen LogP contribution in [0.2, 0.25) is 0 Å². The Hall–Kier alpha value is -3.42. The van der Waals surface area contributed by atoms with Crippen molar-refractivity contribution in [3.63, 3.8) is 0 Å². The second-order valence-corrected chi connectivity index (χ2v) is 6.82. The summed E-state index contributed by atoms with van der Waals surface area (Å²) < 4.78 is 10.6. The quantitative estimate of drug-likeness (QED) is 0.636. The number of piperazine rings is 1. The largest absolute Gasteiger partial charge is 0.497 e. The molecule has 0 N–H and O–H groups in total. The van der Waals surface area contributed by atoms with Crippen LogP contribution in [0.4, 0.5) is 5.69 Å². The molecule has 0 saturated carbocycles. The number of amides is 1. The van der Waals surface area contributed by atoms with Gasteiger partial charge in [-0.05, 0) is 24.3 Å². The van der Waals surface area contributed by atoms with E-state index >= 15 is 0 Å². The minimum Gasteiger partial charge on any atom is -0.497 e. The SMILES string of the molecule is COc1cccc(N2CCN(C(=O)CCc3nc(-c4ccncc4)no3)CC2)c1. The molecular weight excluding hydrogens is 370 g/mol. The summed E-state index contributed by atoms with van der Waals surface area (Å²) in [6, 6.07) is 11.6. The first-order valence-corrected chi connectivity index (χ1v) is 9.63. The van der Waals surface area contributed by atoms with Crippen LogP contribution < -0.4 is 9.64 Å². The highest BCUT2D eigenvalue weighted by Gasteiger charge is 2.22. The van der Waals surface area contributed by atoms with E-state index in [9.17, 15) is 4.79 Å². The van der Waals surface area contributed by atoms with Gasteiger partial charge in [0, 0.05) is 68.7 Å². The van der Waals surface area contributed by atoms with Crippen molar-refractivity contribution in [3.05, 3.63) is 54.7 Å². The van der Waals surface area contributed by atoms with Crippen LogP contribution in [0.25, 0.3) is 11.4 Å². The van der Waals surface area contributed by atoms with Gasteiger partial charge in [0.2, 0.25) is 17.6 Å². The molecule has 0 radical (unpaired) electrons. The van der Waals surface area contributed by atoms with E-state index in [2.05, 4.69) is 26.1 Å². The maximum absolute atomic E-state index is 12.6. The van der Waals surface area contributed by atoms with Crippen molar-refractivity contribution >= 4 is 11.6 Å². The maximum atomic E-state index is 12.6. The van der Waals surface area contributed by atoms with Gasteiger partial charge in [-0.25, -0.2) is 0 Å². The third-order valence-corrected chi connectivity index (χ3v) is 5.01. The molecule has 0 aliphatic carbocycles. The fourth-order valence-corrected chi connectivity index (χ4v) is 3.37. The van der Waals surface area contributed by atoms with E-state index in [1.54, 1.807) is 19.5 Å². The second kappa shape index (κ2) is 8.72. The molecule has 1 aromatic carbocycles. The molecule has 1 saturated heterocycles. The Morgan fingerprint density at radius 3 is 2.69 bits per heavy atom. The van der Waals surface area contributed by atoms with Crippen molar-refractivity contribution in [2.75, 3.05) is 38.2 Å². The number of aryl methyl sites for hydroxylation is 1. The first-order valence-electron chi connectivity index (χ1n) is 9.63. The third kappa shape index (κ3) is 4.53. The summed E-state index contributed by atoms with van der Waals surface area (Å²) in [7, 11) is 1.67. The van der Waals surface area contributed by atoms with E-state index in [1.807, 2.05) is 35.2 Å². The van der Waals surface area contributed by atoms with Gasteiger partial charge >= 0.3 is 0 Å². The number of anilines is 1. The predicted octanol–water partition coefficient (Wildman–Crippen LogP) is 2.42. The summed E-state index contributed by atoms with van der Waals surface area (Å²) in [5, 5.41) is 3.98. The predicted molar refractivity (Wildman–Crippen MR) is 108 cm³/mol. The number of methoxy groups -OCH3 is 1. The van der Waals surface area contributed by atoms with E-state index in [-0.39, 0.29) is 5.91 Å². The average molecular weight is 393 g/mol. The molecule has 0 atom stereocenters. The molecule has 2 aromatic heterocycles. The summed E-state index contributed by atoms with van der Waals surface area (Å²) in [6.07, 6.45) is 4.16. The van der Waals surface area contributed by atoms with Crippen LogP contribution >= 0.6 is 0 Å². The van der Waals surface area contributed by atoms with Gasteiger partial charge in [0.25, 0.3) is 0 Å². The normalized spacial score (nSPS) is 14.1. The summed E-state index contributed by atoms with van der Waals surface area (Å²) in [4.78, 5) is 25.1. The molecular formula is C21H23N5O3. The van der Waals surface area contributed by atoms with E-state index in [4.69, 9.17) is 9.26 Å². The van der Waals surface area contributed by atoms with Gasteiger partial charge < -0.3 is 19.1 Å². The van der Waals surface area contributed by atoms with Crippen molar-refractivity contribution < 1.29 is 14.1 Å². The molecule has 1 aliphatic rings. The van der Waals surface area contributed by atoms with Crippen LogP contribution in [0.5, 0.6) is 5.75 Å². The van der Waals surface area contributed by atoms with E-state index in [0.29, 0.717) is 37.6 Å². The number of pyridine rings is 1. The number of ether oxygens (including phenoxy) is 1. The van der Waals surface area contributed by atoms with Crippen LogP contribution in [-0.2, 0) is 11.2 Å². The van der Waals surface area contributed by atoms with Gasteiger partial charge in [-0.2, -0.15) is 4.98 Å². The number of carbonyl (C=O) groups is 1. The first-order chi connectivity index (χ1) is 14.2. The molecule has 150 valence electrons. The molecule has 8 nitrogen and oxygen atoms in total. The number of benzene rings is 1. The van der Waals surface area contributed by atoms with Gasteiger partial charge in [-0.15, -0.1) is 0 Å². The molecule has 8 heteroatoms. The maximum Gasteiger partial charge on any atom is 0.227 e. The summed E-state index contributed by atoms with van der Waals surface area (Å²) in [5.74, 6) is 1.94. The van der Waals surface area contributed by atoms with Crippen molar-refractivity contribution in [2.45, 2.75) is 12.8 Å². The smallest absolute Gasteiger partial charge is 0.227 e. The number of aromatic nitrogens is 3. The minimum absolute atomic E-state index is 0.110. The molecule has 0 spiro atoms. The van der Waals surface area contributed by atoms with Crippen LogP contribution in [0.3, 0.4) is 0 Å².